The Morgan fingerprint density at radius 3 is 2.75 bits per heavy atom. The maximum absolute atomic E-state index is 9.79. The van der Waals surface area contributed by atoms with E-state index in [1.165, 1.54) is 11.1 Å². The third-order valence-corrected chi connectivity index (χ3v) is 2.75. The summed E-state index contributed by atoms with van der Waals surface area (Å²) >= 11 is 0. The van der Waals surface area contributed by atoms with Crippen LogP contribution in [-0.4, -0.2) is 11.2 Å². The van der Waals surface area contributed by atoms with Crippen LogP contribution in [0.5, 0.6) is 0 Å². The molecule has 0 amide bonds. The molecule has 0 bridgehead atoms. The molecule has 88 valence electrons. The molecule has 16 heavy (non-hydrogen) atoms. The van der Waals surface area contributed by atoms with Gasteiger partial charge >= 0.3 is 0 Å². The summed E-state index contributed by atoms with van der Waals surface area (Å²) in [6.45, 7) is 7.95. The zero-order valence-electron chi connectivity index (χ0n) is 10.4. The van der Waals surface area contributed by atoms with E-state index in [0.29, 0.717) is 0 Å². The third kappa shape index (κ3) is 5.13. The Morgan fingerprint density at radius 1 is 1.38 bits per heavy atom. The molecule has 1 unspecified atom stereocenters. The van der Waals surface area contributed by atoms with Crippen molar-refractivity contribution in [3.05, 3.63) is 47.5 Å². The Morgan fingerprint density at radius 2 is 2.12 bits per heavy atom. The zero-order valence-corrected chi connectivity index (χ0v) is 10.4. The summed E-state index contributed by atoms with van der Waals surface area (Å²) in [7, 11) is 0. The van der Waals surface area contributed by atoms with Crippen molar-refractivity contribution in [2.45, 2.75) is 45.6 Å². The number of rotatable bonds is 6. The summed E-state index contributed by atoms with van der Waals surface area (Å²) in [5, 5.41) is 9.79. The molecule has 0 saturated carbocycles. The van der Waals surface area contributed by atoms with Crippen LogP contribution in [0.4, 0.5) is 0 Å². The van der Waals surface area contributed by atoms with Gasteiger partial charge in [-0.1, -0.05) is 35.4 Å². The van der Waals surface area contributed by atoms with Gasteiger partial charge in [-0.2, -0.15) is 0 Å². The summed E-state index contributed by atoms with van der Waals surface area (Å²) in [6.07, 6.45) is 3.36. The van der Waals surface area contributed by atoms with Crippen molar-refractivity contribution in [3.63, 3.8) is 0 Å². The van der Waals surface area contributed by atoms with Crippen molar-refractivity contribution in [2.75, 3.05) is 0 Å². The number of benzene rings is 1. The molecule has 1 heteroatoms. The molecule has 0 saturated heterocycles. The van der Waals surface area contributed by atoms with E-state index in [1.54, 1.807) is 0 Å². The van der Waals surface area contributed by atoms with Gasteiger partial charge < -0.3 is 5.11 Å². The van der Waals surface area contributed by atoms with Crippen LogP contribution in [0.15, 0.2) is 36.4 Å². The van der Waals surface area contributed by atoms with Gasteiger partial charge in [-0.15, -0.1) is 6.58 Å². The Hall–Kier alpha value is -1.08. The molecule has 1 nitrogen and oxygen atoms in total. The Kier molecular flexibility index (Phi) is 5.27. The molecule has 1 rings (SSSR count). The Labute approximate surface area is 98.8 Å². The molecule has 1 aromatic rings. The molecular formula is C15H22O. The lowest BCUT2D eigenvalue weighted by molar-refractivity contribution is 0.155. The fourth-order valence-corrected chi connectivity index (χ4v) is 1.76. The lowest BCUT2D eigenvalue weighted by Gasteiger charge is -2.10. The van der Waals surface area contributed by atoms with Crippen molar-refractivity contribution in [2.24, 2.45) is 0 Å². The number of allylic oxidation sites excluding steroid dienone is 1. The molecule has 0 radical (unpaired) electrons. The van der Waals surface area contributed by atoms with E-state index < -0.39 is 0 Å². The highest BCUT2D eigenvalue weighted by Gasteiger charge is 2.04. The van der Waals surface area contributed by atoms with Gasteiger partial charge in [0.05, 0.1) is 6.10 Å². The smallest absolute Gasteiger partial charge is 0.0546 e. The third-order valence-electron chi connectivity index (χ3n) is 2.75. The van der Waals surface area contributed by atoms with Gasteiger partial charge in [0.15, 0.2) is 0 Å². The minimum Gasteiger partial charge on any atom is -0.393 e. The second-order valence-electron chi connectivity index (χ2n) is 4.68. The fraction of sp³-hybridized carbons (Fsp3) is 0.467. The normalized spacial score (nSPS) is 12.4. The largest absolute Gasteiger partial charge is 0.393 e. The van der Waals surface area contributed by atoms with Gasteiger partial charge in [-0.3, -0.25) is 0 Å². The van der Waals surface area contributed by atoms with Gasteiger partial charge in [0.2, 0.25) is 0 Å². The molecule has 0 aliphatic heterocycles. The summed E-state index contributed by atoms with van der Waals surface area (Å²) in [5.74, 6) is 0. The highest BCUT2D eigenvalue weighted by atomic mass is 16.3. The first-order valence-electron chi connectivity index (χ1n) is 5.96. The molecule has 0 aromatic heterocycles. The van der Waals surface area contributed by atoms with Crippen molar-refractivity contribution >= 4 is 0 Å². The number of hydrogen-bond donors (Lipinski definition) is 1. The summed E-state index contributed by atoms with van der Waals surface area (Å²) in [6, 6.07) is 8.48. The maximum atomic E-state index is 9.79. The van der Waals surface area contributed by atoms with E-state index in [2.05, 4.69) is 37.8 Å². The highest BCUT2D eigenvalue weighted by Crippen LogP contribution is 2.12. The number of aryl methyl sites for hydroxylation is 2. The SMILES string of the molecule is C=C(C)CCC(O)CCc1cccc(C)c1. The van der Waals surface area contributed by atoms with Crippen LogP contribution in [0.3, 0.4) is 0 Å². The van der Waals surface area contributed by atoms with E-state index in [-0.39, 0.29) is 6.10 Å². The lowest BCUT2D eigenvalue weighted by Crippen LogP contribution is -2.07. The minimum absolute atomic E-state index is 0.197. The van der Waals surface area contributed by atoms with E-state index in [1.807, 2.05) is 6.92 Å². The molecule has 1 N–H and O–H groups in total. The fourth-order valence-electron chi connectivity index (χ4n) is 1.76. The Balaban J connectivity index is 2.31. The van der Waals surface area contributed by atoms with Crippen molar-refractivity contribution in [1.82, 2.24) is 0 Å². The zero-order chi connectivity index (χ0) is 12.0. The first-order valence-corrected chi connectivity index (χ1v) is 5.96. The lowest BCUT2D eigenvalue weighted by atomic mass is 10.0. The minimum atomic E-state index is -0.197. The number of hydrogen-bond acceptors (Lipinski definition) is 1. The van der Waals surface area contributed by atoms with E-state index in [0.717, 1.165) is 31.3 Å². The summed E-state index contributed by atoms with van der Waals surface area (Å²) in [4.78, 5) is 0. The molecule has 0 aliphatic carbocycles. The van der Waals surface area contributed by atoms with Crippen LogP contribution in [0.1, 0.15) is 37.3 Å². The van der Waals surface area contributed by atoms with Crippen molar-refractivity contribution in [3.8, 4) is 0 Å². The predicted octanol–water partition coefficient (Wildman–Crippen LogP) is 3.64. The van der Waals surface area contributed by atoms with Crippen molar-refractivity contribution in [1.29, 1.82) is 0 Å². The average molecular weight is 218 g/mol. The summed E-state index contributed by atoms with van der Waals surface area (Å²) in [5.41, 5.74) is 3.75. The van der Waals surface area contributed by atoms with Gasteiger partial charge in [0, 0.05) is 0 Å². The first-order chi connectivity index (χ1) is 7.58. The molecule has 0 spiro atoms. The van der Waals surface area contributed by atoms with Crippen LogP contribution in [0.25, 0.3) is 0 Å². The second-order valence-corrected chi connectivity index (χ2v) is 4.68. The predicted molar refractivity (Wildman–Crippen MR) is 69.6 cm³/mol. The topological polar surface area (TPSA) is 20.2 Å². The molecule has 1 aromatic carbocycles. The maximum Gasteiger partial charge on any atom is 0.0546 e. The quantitative estimate of drug-likeness (QED) is 0.723. The van der Waals surface area contributed by atoms with Crippen LogP contribution in [0.2, 0.25) is 0 Å². The van der Waals surface area contributed by atoms with E-state index >= 15 is 0 Å². The van der Waals surface area contributed by atoms with Gasteiger partial charge in [-0.05, 0) is 45.1 Å². The van der Waals surface area contributed by atoms with Crippen LogP contribution in [-0.2, 0) is 6.42 Å². The second kappa shape index (κ2) is 6.49. The molecule has 1 atom stereocenters. The standard InChI is InChI=1S/C15H22O/c1-12(2)7-9-15(16)10-8-14-6-4-5-13(3)11-14/h4-6,11,15-16H,1,7-10H2,2-3H3. The molecule has 0 fully saturated rings. The molecule has 0 heterocycles. The van der Waals surface area contributed by atoms with Gasteiger partial charge in [0.25, 0.3) is 0 Å². The monoisotopic (exact) mass is 218 g/mol. The first kappa shape index (κ1) is 13.0. The molecule has 0 aliphatic rings. The van der Waals surface area contributed by atoms with Crippen LogP contribution in [0, 0.1) is 6.92 Å². The number of aliphatic hydroxyl groups is 1. The van der Waals surface area contributed by atoms with Gasteiger partial charge in [-0.25, -0.2) is 0 Å². The van der Waals surface area contributed by atoms with Crippen LogP contribution >= 0.6 is 0 Å². The highest BCUT2D eigenvalue weighted by molar-refractivity contribution is 5.22. The van der Waals surface area contributed by atoms with E-state index in [4.69, 9.17) is 0 Å². The van der Waals surface area contributed by atoms with Gasteiger partial charge in [0.1, 0.15) is 0 Å². The van der Waals surface area contributed by atoms with Crippen LogP contribution < -0.4 is 0 Å². The van der Waals surface area contributed by atoms with Crippen molar-refractivity contribution < 1.29 is 5.11 Å². The Bertz CT molecular complexity index is 341. The molecular weight excluding hydrogens is 196 g/mol. The summed E-state index contributed by atoms with van der Waals surface area (Å²) < 4.78 is 0. The number of aliphatic hydroxyl groups excluding tert-OH is 1. The van der Waals surface area contributed by atoms with E-state index in [9.17, 15) is 5.11 Å². The average Bonchev–Trinajstić information content (AvgIpc) is 2.23.